The molecule has 5 rings (SSSR count). The summed E-state index contributed by atoms with van der Waals surface area (Å²) in [5, 5.41) is 10.9. The van der Waals surface area contributed by atoms with Crippen LogP contribution in [0.3, 0.4) is 0 Å². The van der Waals surface area contributed by atoms with E-state index in [-0.39, 0.29) is 16.9 Å². The van der Waals surface area contributed by atoms with Crippen LogP contribution in [0.2, 0.25) is 0 Å². The highest BCUT2D eigenvalue weighted by atomic mass is 16.3. The Morgan fingerprint density at radius 2 is 1.42 bits per heavy atom. The standard InChI is InChI=1S/C30H50O/c1-25(2)15-16-27(5)17-18-29(7)20(21(27)19-25)9-10-23-28(6)13-12-24(31)26(3,4)22(28)11-14-30(23,29)8/h11,20-21,23-24,31H,9-10,12-19H2,1-8H3/t20-,21-,23-,24-,27-,28+,29-,30-/m1/s1. The Morgan fingerprint density at radius 3 is 2.13 bits per heavy atom. The monoisotopic (exact) mass is 426 g/mol. The molecular weight excluding hydrogens is 376 g/mol. The molecule has 4 saturated carbocycles. The van der Waals surface area contributed by atoms with Crippen LogP contribution in [0, 0.1) is 50.2 Å². The smallest absolute Gasteiger partial charge is 0.0628 e. The minimum Gasteiger partial charge on any atom is -0.392 e. The molecule has 5 aliphatic carbocycles. The van der Waals surface area contributed by atoms with E-state index in [2.05, 4.69) is 61.5 Å². The van der Waals surface area contributed by atoms with Gasteiger partial charge < -0.3 is 5.11 Å². The highest BCUT2D eigenvalue weighted by molar-refractivity contribution is 5.33. The lowest BCUT2D eigenvalue weighted by atomic mass is 9.33. The molecule has 0 aliphatic heterocycles. The molecule has 0 saturated heterocycles. The van der Waals surface area contributed by atoms with Crippen LogP contribution in [0.15, 0.2) is 11.6 Å². The fourth-order valence-corrected chi connectivity index (χ4v) is 10.6. The molecule has 0 aromatic heterocycles. The van der Waals surface area contributed by atoms with E-state index in [4.69, 9.17) is 0 Å². The predicted octanol–water partition coefficient (Wildman–Crippen LogP) is 8.17. The quantitative estimate of drug-likeness (QED) is 0.387. The molecule has 0 heterocycles. The Morgan fingerprint density at radius 1 is 0.742 bits per heavy atom. The Hall–Kier alpha value is -0.300. The molecule has 0 unspecified atom stereocenters. The zero-order valence-corrected chi connectivity index (χ0v) is 21.9. The van der Waals surface area contributed by atoms with Crippen molar-refractivity contribution in [3.63, 3.8) is 0 Å². The van der Waals surface area contributed by atoms with Gasteiger partial charge in [0, 0.05) is 5.41 Å². The molecule has 0 spiro atoms. The maximum atomic E-state index is 10.9. The van der Waals surface area contributed by atoms with Crippen LogP contribution < -0.4 is 0 Å². The van der Waals surface area contributed by atoms with Crippen LogP contribution in [0.4, 0.5) is 0 Å². The maximum Gasteiger partial charge on any atom is 0.0628 e. The lowest BCUT2D eigenvalue weighted by Gasteiger charge is -2.72. The molecule has 176 valence electrons. The summed E-state index contributed by atoms with van der Waals surface area (Å²) in [7, 11) is 0. The van der Waals surface area contributed by atoms with Gasteiger partial charge in [-0.3, -0.25) is 0 Å². The van der Waals surface area contributed by atoms with Gasteiger partial charge in [-0.2, -0.15) is 0 Å². The molecule has 1 heteroatoms. The van der Waals surface area contributed by atoms with E-state index < -0.39 is 0 Å². The summed E-state index contributed by atoms with van der Waals surface area (Å²) < 4.78 is 0. The number of hydrogen-bond acceptors (Lipinski definition) is 1. The first kappa shape index (κ1) is 22.5. The fraction of sp³-hybridized carbons (Fsp3) is 0.933. The summed E-state index contributed by atoms with van der Waals surface area (Å²) in [5.74, 6) is 2.58. The van der Waals surface area contributed by atoms with Gasteiger partial charge >= 0.3 is 0 Å². The van der Waals surface area contributed by atoms with Crippen molar-refractivity contribution in [3.8, 4) is 0 Å². The molecule has 0 aromatic carbocycles. The average Bonchev–Trinajstić information content (AvgIpc) is 2.67. The second kappa shape index (κ2) is 6.43. The Bertz CT molecular complexity index is 790. The maximum absolute atomic E-state index is 10.9. The van der Waals surface area contributed by atoms with Crippen molar-refractivity contribution < 1.29 is 5.11 Å². The van der Waals surface area contributed by atoms with Crippen molar-refractivity contribution >= 4 is 0 Å². The van der Waals surface area contributed by atoms with Crippen LogP contribution in [0.1, 0.15) is 120 Å². The second-order valence-corrected chi connectivity index (χ2v) is 15.2. The van der Waals surface area contributed by atoms with Crippen LogP contribution in [-0.2, 0) is 0 Å². The van der Waals surface area contributed by atoms with E-state index in [1.807, 2.05) is 0 Å². The van der Waals surface area contributed by atoms with E-state index in [9.17, 15) is 5.11 Å². The highest BCUT2D eigenvalue weighted by Crippen LogP contribution is 2.75. The first-order valence-corrected chi connectivity index (χ1v) is 13.6. The van der Waals surface area contributed by atoms with Gasteiger partial charge in [0.15, 0.2) is 0 Å². The summed E-state index contributed by atoms with van der Waals surface area (Å²) >= 11 is 0. The van der Waals surface area contributed by atoms with Gasteiger partial charge in [-0.25, -0.2) is 0 Å². The highest BCUT2D eigenvalue weighted by Gasteiger charge is 2.67. The van der Waals surface area contributed by atoms with Gasteiger partial charge in [-0.1, -0.05) is 67.0 Å². The molecule has 1 N–H and O–H groups in total. The summed E-state index contributed by atoms with van der Waals surface area (Å²) in [6.45, 7) is 20.4. The lowest BCUT2D eigenvalue weighted by Crippen LogP contribution is -2.64. The largest absolute Gasteiger partial charge is 0.392 e. The van der Waals surface area contributed by atoms with E-state index >= 15 is 0 Å². The number of allylic oxidation sites excluding steroid dienone is 1. The summed E-state index contributed by atoms with van der Waals surface area (Å²) in [6.07, 6.45) is 15.9. The Balaban J connectivity index is 1.56. The van der Waals surface area contributed by atoms with Gasteiger partial charge in [0.25, 0.3) is 0 Å². The minimum atomic E-state index is -0.178. The lowest BCUT2D eigenvalue weighted by molar-refractivity contribution is -0.207. The van der Waals surface area contributed by atoms with E-state index in [1.54, 1.807) is 5.57 Å². The number of rotatable bonds is 0. The molecule has 5 aliphatic rings. The second-order valence-electron chi connectivity index (χ2n) is 15.2. The molecule has 4 fully saturated rings. The van der Waals surface area contributed by atoms with Crippen molar-refractivity contribution in [3.05, 3.63) is 11.6 Å². The van der Waals surface area contributed by atoms with Crippen LogP contribution in [0.25, 0.3) is 0 Å². The Labute approximate surface area is 192 Å². The first-order valence-electron chi connectivity index (χ1n) is 13.6. The topological polar surface area (TPSA) is 20.2 Å². The molecule has 1 nitrogen and oxygen atoms in total. The first-order chi connectivity index (χ1) is 14.2. The summed E-state index contributed by atoms with van der Waals surface area (Å²) in [5.41, 5.74) is 3.77. The molecule has 8 atom stereocenters. The molecule has 0 aromatic rings. The van der Waals surface area contributed by atoms with Gasteiger partial charge in [0.05, 0.1) is 6.10 Å². The molecule has 0 radical (unpaired) electrons. The zero-order valence-electron chi connectivity index (χ0n) is 21.9. The van der Waals surface area contributed by atoms with Crippen LogP contribution in [0.5, 0.6) is 0 Å². The Kier molecular flexibility index (Phi) is 4.66. The number of fused-ring (bicyclic) bond motifs is 7. The van der Waals surface area contributed by atoms with E-state index in [1.165, 1.54) is 57.8 Å². The third-order valence-corrected chi connectivity index (χ3v) is 13.0. The third-order valence-electron chi connectivity index (χ3n) is 13.0. The fourth-order valence-electron chi connectivity index (χ4n) is 10.6. The van der Waals surface area contributed by atoms with Crippen LogP contribution in [-0.4, -0.2) is 11.2 Å². The van der Waals surface area contributed by atoms with Crippen molar-refractivity contribution in [2.24, 2.45) is 50.2 Å². The van der Waals surface area contributed by atoms with Crippen molar-refractivity contribution in [1.82, 2.24) is 0 Å². The molecule has 0 amide bonds. The van der Waals surface area contributed by atoms with Crippen molar-refractivity contribution in [1.29, 1.82) is 0 Å². The van der Waals surface area contributed by atoms with Crippen molar-refractivity contribution in [2.45, 2.75) is 126 Å². The summed E-state index contributed by atoms with van der Waals surface area (Å²) in [4.78, 5) is 0. The molecule has 31 heavy (non-hydrogen) atoms. The summed E-state index contributed by atoms with van der Waals surface area (Å²) in [6, 6.07) is 0. The number of hydrogen-bond donors (Lipinski definition) is 1. The SMILES string of the molecule is CC1(C)CC[C@]2(C)CC[C@]3(C)[C@H](CC[C@@H]4[C@@]5(C)CC[C@@H](O)C(C)(C)C5=CC[C@]43C)[C@H]2C1. The minimum absolute atomic E-state index is 0.0649. The zero-order chi connectivity index (χ0) is 22.7. The van der Waals surface area contributed by atoms with Gasteiger partial charge in [0.1, 0.15) is 0 Å². The third kappa shape index (κ3) is 2.77. The van der Waals surface area contributed by atoms with Gasteiger partial charge in [0.2, 0.25) is 0 Å². The molecular formula is C30H50O. The van der Waals surface area contributed by atoms with Crippen LogP contribution >= 0.6 is 0 Å². The average molecular weight is 427 g/mol. The normalized spacial score (nSPS) is 55.2. The van der Waals surface area contributed by atoms with Gasteiger partial charge in [-0.15, -0.1) is 0 Å². The number of aliphatic hydroxyl groups is 1. The van der Waals surface area contributed by atoms with E-state index in [0.29, 0.717) is 21.7 Å². The van der Waals surface area contributed by atoms with E-state index in [0.717, 1.165) is 24.2 Å². The number of aliphatic hydroxyl groups excluding tert-OH is 1. The van der Waals surface area contributed by atoms with Crippen molar-refractivity contribution in [2.75, 3.05) is 0 Å². The molecule has 0 bridgehead atoms. The predicted molar refractivity (Wildman–Crippen MR) is 131 cm³/mol. The van der Waals surface area contributed by atoms with Gasteiger partial charge in [-0.05, 0) is 109 Å².